The van der Waals surface area contributed by atoms with Gasteiger partial charge in [-0.2, -0.15) is 13.1 Å². The number of benzene rings is 1. The number of nitrogens with two attached hydrogens (primary N) is 1. The number of aromatic nitrogens is 2. The Kier molecular flexibility index (Phi) is 7.03. The Balaban J connectivity index is 2.12. The molecule has 148 valence electrons. The molecule has 1 unspecified atom stereocenters. The summed E-state index contributed by atoms with van der Waals surface area (Å²) in [5, 5.41) is 38.9. The van der Waals surface area contributed by atoms with Crippen LogP contribution < -0.4 is 20.5 Å². The number of halogens is 2. The highest BCUT2D eigenvalue weighted by atomic mass is 79.9. The lowest BCUT2D eigenvalue weighted by Crippen LogP contribution is -2.45. The Bertz CT molecular complexity index is 923. The molecule has 0 fully saturated rings. The third kappa shape index (κ3) is 6.10. The average molecular weight is 468 g/mol. The summed E-state index contributed by atoms with van der Waals surface area (Å²) in [7, 11) is -4.03. The molecule has 0 spiro atoms. The van der Waals surface area contributed by atoms with Crippen molar-refractivity contribution < 1.29 is 27.8 Å². The van der Waals surface area contributed by atoms with Crippen LogP contribution in [0.2, 0.25) is 0 Å². The van der Waals surface area contributed by atoms with Crippen molar-refractivity contribution in [1.82, 2.24) is 15.0 Å². The number of nitrogens with zero attached hydrogens (tertiary/aromatic N) is 3. The van der Waals surface area contributed by atoms with E-state index in [-0.39, 0.29) is 28.4 Å². The fourth-order valence-corrected chi connectivity index (χ4v) is 2.90. The quantitative estimate of drug-likeness (QED) is 0.132. The molecule has 1 heterocycles. The van der Waals surface area contributed by atoms with Crippen molar-refractivity contribution in [2.75, 3.05) is 23.8 Å². The zero-order valence-electron chi connectivity index (χ0n) is 13.4. The largest absolute Gasteiger partial charge is 0.409 e. The molecule has 0 saturated heterocycles. The van der Waals surface area contributed by atoms with Crippen molar-refractivity contribution in [3.63, 3.8) is 0 Å². The number of aliphatic hydroxyl groups is 1. The first-order valence-electron chi connectivity index (χ1n) is 7.15. The molecule has 15 heteroatoms. The SMILES string of the molecule is NS(=O)(=O)NC(CO)CNc1nonc1C(=NO)Nc1ccc(F)c(Br)c1. The Hall–Kier alpha value is -2.33. The summed E-state index contributed by atoms with van der Waals surface area (Å²) >= 11 is 3.03. The van der Waals surface area contributed by atoms with Crippen LogP contribution in [0, 0.1) is 5.82 Å². The number of amidine groups is 1. The second kappa shape index (κ2) is 9.05. The highest BCUT2D eigenvalue weighted by molar-refractivity contribution is 9.10. The molecule has 0 aliphatic rings. The van der Waals surface area contributed by atoms with E-state index in [0.29, 0.717) is 5.69 Å². The van der Waals surface area contributed by atoms with Gasteiger partial charge in [0.25, 0.3) is 10.2 Å². The predicted molar refractivity (Wildman–Crippen MR) is 96.0 cm³/mol. The summed E-state index contributed by atoms with van der Waals surface area (Å²) in [5.41, 5.74) is 0.319. The molecular weight excluding hydrogens is 453 g/mol. The van der Waals surface area contributed by atoms with Crippen molar-refractivity contribution in [2.24, 2.45) is 10.3 Å². The standard InChI is InChI=1S/C12H15BrFN7O5S/c13-8-3-6(1-2-9(8)14)17-12(18-23)10-11(20-26-19-10)16-4-7(5-22)21-27(15,24)25/h1-3,7,21-23H,4-5H2,(H,16,20)(H,17,18)(H2,15,24,25). The van der Waals surface area contributed by atoms with E-state index in [4.69, 9.17) is 5.14 Å². The first-order chi connectivity index (χ1) is 12.7. The third-order valence-electron chi connectivity index (χ3n) is 3.06. The Labute approximate surface area is 160 Å². The van der Waals surface area contributed by atoms with Crippen LogP contribution in [0.4, 0.5) is 15.9 Å². The third-order valence-corrected chi connectivity index (χ3v) is 4.33. The Morgan fingerprint density at radius 3 is 2.78 bits per heavy atom. The topological polar surface area (TPSA) is 188 Å². The summed E-state index contributed by atoms with van der Waals surface area (Å²) in [6.07, 6.45) is 0. The molecule has 1 atom stereocenters. The monoisotopic (exact) mass is 467 g/mol. The highest BCUT2D eigenvalue weighted by Gasteiger charge is 2.20. The Morgan fingerprint density at radius 2 is 2.19 bits per heavy atom. The maximum absolute atomic E-state index is 13.3. The van der Waals surface area contributed by atoms with Crippen molar-refractivity contribution in [1.29, 1.82) is 0 Å². The van der Waals surface area contributed by atoms with E-state index in [1.807, 2.05) is 4.72 Å². The van der Waals surface area contributed by atoms with Crippen molar-refractivity contribution in [3.05, 3.63) is 34.2 Å². The predicted octanol–water partition coefficient (Wildman–Crippen LogP) is -0.215. The van der Waals surface area contributed by atoms with Gasteiger partial charge in [0, 0.05) is 12.2 Å². The van der Waals surface area contributed by atoms with E-state index < -0.39 is 28.7 Å². The van der Waals surface area contributed by atoms with Gasteiger partial charge in [0.15, 0.2) is 5.69 Å². The van der Waals surface area contributed by atoms with Crippen LogP contribution >= 0.6 is 15.9 Å². The van der Waals surface area contributed by atoms with Gasteiger partial charge in [-0.05, 0) is 44.4 Å². The van der Waals surface area contributed by atoms with Crippen molar-refractivity contribution in [2.45, 2.75) is 6.04 Å². The van der Waals surface area contributed by atoms with Crippen molar-refractivity contribution in [3.8, 4) is 0 Å². The van der Waals surface area contributed by atoms with Gasteiger partial charge in [0.1, 0.15) is 5.82 Å². The summed E-state index contributed by atoms with van der Waals surface area (Å²) in [5.74, 6) is -0.672. The van der Waals surface area contributed by atoms with Gasteiger partial charge in [0.05, 0.1) is 17.1 Å². The first-order valence-corrected chi connectivity index (χ1v) is 9.49. The van der Waals surface area contributed by atoms with Gasteiger partial charge >= 0.3 is 0 Å². The molecule has 2 rings (SSSR count). The second-order valence-electron chi connectivity index (χ2n) is 5.09. The van der Waals surface area contributed by atoms with E-state index >= 15 is 0 Å². The molecule has 1 aromatic carbocycles. The number of rotatable bonds is 8. The van der Waals surface area contributed by atoms with Gasteiger partial charge in [0.2, 0.25) is 11.7 Å². The van der Waals surface area contributed by atoms with E-state index in [1.165, 1.54) is 18.2 Å². The molecule has 0 radical (unpaired) electrons. The number of nitrogens with one attached hydrogen (secondary N) is 3. The smallest absolute Gasteiger partial charge is 0.274 e. The number of hydrogen-bond donors (Lipinski definition) is 6. The minimum absolute atomic E-state index is 0.00820. The molecule has 0 aliphatic carbocycles. The molecule has 0 aliphatic heterocycles. The molecule has 2 aromatic rings. The maximum Gasteiger partial charge on any atom is 0.274 e. The normalized spacial score (nSPS) is 13.4. The molecule has 12 nitrogen and oxygen atoms in total. The molecule has 27 heavy (non-hydrogen) atoms. The lowest BCUT2D eigenvalue weighted by Gasteiger charge is -2.15. The molecular formula is C12H15BrFN7O5S. The van der Waals surface area contributed by atoms with E-state index in [1.54, 1.807) is 0 Å². The maximum atomic E-state index is 13.3. The van der Waals surface area contributed by atoms with Crippen LogP contribution in [0.1, 0.15) is 5.69 Å². The summed E-state index contributed by atoms with van der Waals surface area (Å²) in [6, 6.07) is 3.02. The minimum Gasteiger partial charge on any atom is -0.409 e. The molecule has 0 bridgehead atoms. The van der Waals surface area contributed by atoms with E-state index in [0.717, 1.165) is 0 Å². The van der Waals surface area contributed by atoms with Gasteiger partial charge < -0.3 is 20.9 Å². The van der Waals surface area contributed by atoms with Crippen LogP contribution in [-0.4, -0.2) is 54.1 Å². The van der Waals surface area contributed by atoms with Crippen LogP contribution in [0.25, 0.3) is 0 Å². The number of oxime groups is 1. The van der Waals surface area contributed by atoms with Gasteiger partial charge in [-0.3, -0.25) is 0 Å². The molecule has 0 saturated carbocycles. The van der Waals surface area contributed by atoms with E-state index in [9.17, 15) is 23.1 Å². The molecule has 1 aromatic heterocycles. The van der Waals surface area contributed by atoms with Gasteiger partial charge in [-0.1, -0.05) is 5.16 Å². The van der Waals surface area contributed by atoms with Crippen LogP contribution in [-0.2, 0) is 10.2 Å². The lowest BCUT2D eigenvalue weighted by atomic mass is 10.3. The zero-order chi connectivity index (χ0) is 20.0. The van der Waals surface area contributed by atoms with Gasteiger partial charge in [-0.15, -0.1) is 0 Å². The fraction of sp³-hybridized carbons (Fsp3) is 0.250. The fourth-order valence-electron chi connectivity index (χ4n) is 1.90. The average Bonchev–Trinajstić information content (AvgIpc) is 3.07. The summed E-state index contributed by atoms with van der Waals surface area (Å²) in [6.45, 7) is -0.679. The number of anilines is 2. The van der Waals surface area contributed by atoms with Crippen LogP contribution in [0.5, 0.6) is 0 Å². The van der Waals surface area contributed by atoms with Gasteiger partial charge in [-0.25, -0.2) is 14.2 Å². The zero-order valence-corrected chi connectivity index (χ0v) is 15.8. The minimum atomic E-state index is -4.03. The first kappa shape index (κ1) is 21.0. The van der Waals surface area contributed by atoms with Crippen LogP contribution in [0.15, 0.2) is 32.5 Å². The number of hydrogen-bond acceptors (Lipinski definition) is 9. The van der Waals surface area contributed by atoms with E-state index in [2.05, 4.69) is 46.7 Å². The van der Waals surface area contributed by atoms with Crippen molar-refractivity contribution >= 4 is 43.5 Å². The summed E-state index contributed by atoms with van der Waals surface area (Å²) < 4.78 is 42.1. The molecule has 7 N–H and O–H groups in total. The highest BCUT2D eigenvalue weighted by Crippen LogP contribution is 2.21. The van der Waals surface area contributed by atoms with Crippen LogP contribution in [0.3, 0.4) is 0 Å². The Morgan fingerprint density at radius 1 is 1.44 bits per heavy atom. The lowest BCUT2D eigenvalue weighted by molar-refractivity contribution is 0.261. The number of aliphatic hydroxyl groups excluding tert-OH is 1. The molecule has 0 amide bonds. The second-order valence-corrected chi connectivity index (χ2v) is 7.27. The summed E-state index contributed by atoms with van der Waals surface area (Å²) in [4.78, 5) is 0.